The standard InChI is InChI=1S/C11H23NO3/c1-5-12(7-6-10(13)14)8-9-15-11(2,3)4/h5-9H2,1-4H3,(H,13,14). The Labute approximate surface area is 92.2 Å². The minimum Gasteiger partial charge on any atom is -0.481 e. The Morgan fingerprint density at radius 2 is 1.93 bits per heavy atom. The van der Waals surface area contributed by atoms with Gasteiger partial charge in [-0.15, -0.1) is 0 Å². The number of rotatable bonds is 7. The third kappa shape index (κ3) is 9.69. The van der Waals surface area contributed by atoms with Crippen molar-refractivity contribution in [3.05, 3.63) is 0 Å². The zero-order chi connectivity index (χ0) is 11.9. The van der Waals surface area contributed by atoms with Gasteiger partial charge in [-0.3, -0.25) is 4.79 Å². The van der Waals surface area contributed by atoms with E-state index in [2.05, 4.69) is 4.90 Å². The van der Waals surface area contributed by atoms with Gasteiger partial charge in [0.1, 0.15) is 0 Å². The molecule has 0 saturated carbocycles. The number of carboxylic acid groups (broad SMARTS) is 1. The number of carboxylic acids is 1. The van der Waals surface area contributed by atoms with Gasteiger partial charge in [0.2, 0.25) is 0 Å². The molecule has 0 amide bonds. The molecule has 0 rings (SSSR count). The van der Waals surface area contributed by atoms with E-state index in [0.717, 1.165) is 13.1 Å². The molecule has 0 radical (unpaired) electrons. The lowest BCUT2D eigenvalue weighted by Crippen LogP contribution is -2.32. The summed E-state index contributed by atoms with van der Waals surface area (Å²) in [5, 5.41) is 8.55. The van der Waals surface area contributed by atoms with Crippen LogP contribution in [-0.2, 0) is 9.53 Å². The van der Waals surface area contributed by atoms with Gasteiger partial charge in [-0.25, -0.2) is 0 Å². The summed E-state index contributed by atoms with van der Waals surface area (Å²) in [5.41, 5.74) is -0.119. The van der Waals surface area contributed by atoms with Gasteiger partial charge in [-0.1, -0.05) is 6.92 Å². The zero-order valence-corrected chi connectivity index (χ0v) is 10.2. The van der Waals surface area contributed by atoms with Gasteiger partial charge in [-0.05, 0) is 27.3 Å². The van der Waals surface area contributed by atoms with E-state index in [4.69, 9.17) is 9.84 Å². The van der Waals surface area contributed by atoms with E-state index in [1.54, 1.807) is 0 Å². The summed E-state index contributed by atoms with van der Waals surface area (Å²) in [7, 11) is 0. The van der Waals surface area contributed by atoms with E-state index in [1.165, 1.54) is 0 Å². The fourth-order valence-electron chi connectivity index (χ4n) is 1.16. The van der Waals surface area contributed by atoms with Gasteiger partial charge < -0.3 is 14.7 Å². The molecule has 15 heavy (non-hydrogen) atoms. The van der Waals surface area contributed by atoms with Gasteiger partial charge in [-0.2, -0.15) is 0 Å². The molecule has 0 bridgehead atoms. The Morgan fingerprint density at radius 3 is 2.33 bits per heavy atom. The second kappa shape index (κ2) is 6.80. The summed E-state index contributed by atoms with van der Waals surface area (Å²) in [5.74, 6) is -0.745. The first-order valence-electron chi connectivity index (χ1n) is 5.43. The number of aliphatic carboxylic acids is 1. The third-order valence-corrected chi connectivity index (χ3v) is 2.03. The number of carbonyl (C=O) groups is 1. The molecule has 1 N–H and O–H groups in total. The fourth-order valence-corrected chi connectivity index (χ4v) is 1.16. The summed E-state index contributed by atoms with van der Waals surface area (Å²) in [6.45, 7) is 11.0. The van der Waals surface area contributed by atoms with Crippen LogP contribution in [0.15, 0.2) is 0 Å². The van der Waals surface area contributed by atoms with E-state index >= 15 is 0 Å². The first-order chi connectivity index (χ1) is 6.85. The summed E-state index contributed by atoms with van der Waals surface area (Å²) in [4.78, 5) is 12.5. The van der Waals surface area contributed by atoms with Crippen molar-refractivity contribution in [1.82, 2.24) is 4.90 Å². The fraction of sp³-hybridized carbons (Fsp3) is 0.909. The first kappa shape index (κ1) is 14.4. The predicted octanol–water partition coefficient (Wildman–Crippen LogP) is 1.60. The van der Waals surface area contributed by atoms with Crippen molar-refractivity contribution in [2.45, 2.75) is 39.7 Å². The van der Waals surface area contributed by atoms with Crippen LogP contribution in [0, 0.1) is 0 Å². The second-order valence-electron chi connectivity index (χ2n) is 4.54. The van der Waals surface area contributed by atoms with Crippen LogP contribution in [0.1, 0.15) is 34.1 Å². The molecule has 0 heterocycles. The van der Waals surface area contributed by atoms with Crippen LogP contribution in [0.5, 0.6) is 0 Å². The van der Waals surface area contributed by atoms with Gasteiger partial charge >= 0.3 is 5.97 Å². The molecular weight excluding hydrogens is 194 g/mol. The Morgan fingerprint density at radius 1 is 1.33 bits per heavy atom. The van der Waals surface area contributed by atoms with Gasteiger partial charge in [0.25, 0.3) is 0 Å². The molecule has 0 aliphatic rings. The summed E-state index contributed by atoms with van der Waals surface area (Å²) in [6.07, 6.45) is 0.198. The summed E-state index contributed by atoms with van der Waals surface area (Å²) < 4.78 is 5.58. The van der Waals surface area contributed by atoms with Crippen LogP contribution < -0.4 is 0 Å². The van der Waals surface area contributed by atoms with E-state index in [1.807, 2.05) is 27.7 Å². The molecule has 90 valence electrons. The number of likely N-dealkylation sites (N-methyl/N-ethyl adjacent to an activating group) is 1. The Hall–Kier alpha value is -0.610. The minimum absolute atomic E-state index is 0.119. The van der Waals surface area contributed by atoms with Crippen LogP contribution >= 0.6 is 0 Å². The molecule has 0 atom stereocenters. The molecule has 4 nitrogen and oxygen atoms in total. The van der Waals surface area contributed by atoms with Crippen molar-refractivity contribution < 1.29 is 14.6 Å². The van der Waals surface area contributed by atoms with Crippen LogP contribution in [0.2, 0.25) is 0 Å². The Kier molecular flexibility index (Phi) is 6.52. The molecule has 0 fully saturated rings. The lowest BCUT2D eigenvalue weighted by molar-refractivity contribution is -0.137. The van der Waals surface area contributed by atoms with E-state index < -0.39 is 5.97 Å². The molecule has 0 saturated heterocycles. The Bertz CT molecular complexity index is 187. The molecule has 0 aromatic carbocycles. The number of hydrogen-bond donors (Lipinski definition) is 1. The lowest BCUT2D eigenvalue weighted by Gasteiger charge is -2.24. The van der Waals surface area contributed by atoms with Crippen molar-refractivity contribution in [2.24, 2.45) is 0 Å². The molecule has 0 aromatic rings. The zero-order valence-electron chi connectivity index (χ0n) is 10.2. The quantitative estimate of drug-likeness (QED) is 0.703. The molecule has 0 aliphatic heterocycles. The SMILES string of the molecule is CCN(CCOC(C)(C)C)CCC(=O)O. The average molecular weight is 217 g/mol. The van der Waals surface area contributed by atoms with Gasteiger partial charge in [0.15, 0.2) is 0 Å². The van der Waals surface area contributed by atoms with E-state index in [9.17, 15) is 4.79 Å². The Balaban J connectivity index is 3.66. The largest absolute Gasteiger partial charge is 0.481 e. The highest BCUT2D eigenvalue weighted by atomic mass is 16.5. The molecule has 0 aliphatic carbocycles. The smallest absolute Gasteiger partial charge is 0.304 e. The van der Waals surface area contributed by atoms with Crippen molar-refractivity contribution >= 4 is 5.97 Å². The van der Waals surface area contributed by atoms with Crippen LogP contribution in [0.3, 0.4) is 0 Å². The van der Waals surface area contributed by atoms with Crippen molar-refractivity contribution in [3.8, 4) is 0 Å². The first-order valence-corrected chi connectivity index (χ1v) is 5.43. The number of nitrogens with zero attached hydrogens (tertiary/aromatic N) is 1. The number of ether oxygens (including phenoxy) is 1. The average Bonchev–Trinajstić information content (AvgIpc) is 2.08. The highest BCUT2D eigenvalue weighted by Crippen LogP contribution is 2.06. The highest BCUT2D eigenvalue weighted by Gasteiger charge is 2.11. The molecular formula is C11H23NO3. The normalized spacial score (nSPS) is 12.1. The monoisotopic (exact) mass is 217 g/mol. The maximum absolute atomic E-state index is 10.4. The van der Waals surface area contributed by atoms with Crippen LogP contribution in [-0.4, -0.2) is 47.8 Å². The summed E-state index contributed by atoms with van der Waals surface area (Å²) in [6, 6.07) is 0. The second-order valence-corrected chi connectivity index (χ2v) is 4.54. The van der Waals surface area contributed by atoms with E-state index in [0.29, 0.717) is 13.2 Å². The molecule has 4 heteroatoms. The van der Waals surface area contributed by atoms with Gasteiger partial charge in [0.05, 0.1) is 18.6 Å². The molecule has 0 unspecified atom stereocenters. The van der Waals surface area contributed by atoms with Gasteiger partial charge in [0, 0.05) is 13.1 Å². The van der Waals surface area contributed by atoms with Crippen molar-refractivity contribution in [2.75, 3.05) is 26.2 Å². The lowest BCUT2D eigenvalue weighted by atomic mass is 10.2. The van der Waals surface area contributed by atoms with Crippen molar-refractivity contribution in [3.63, 3.8) is 0 Å². The maximum atomic E-state index is 10.4. The van der Waals surface area contributed by atoms with E-state index in [-0.39, 0.29) is 12.0 Å². The van der Waals surface area contributed by atoms with Crippen molar-refractivity contribution in [1.29, 1.82) is 0 Å². The maximum Gasteiger partial charge on any atom is 0.304 e. The van der Waals surface area contributed by atoms with Crippen LogP contribution in [0.4, 0.5) is 0 Å². The van der Waals surface area contributed by atoms with Crippen LogP contribution in [0.25, 0.3) is 0 Å². The topological polar surface area (TPSA) is 49.8 Å². The minimum atomic E-state index is -0.745. The number of hydrogen-bond acceptors (Lipinski definition) is 3. The predicted molar refractivity (Wildman–Crippen MR) is 60.1 cm³/mol. The summed E-state index contributed by atoms with van der Waals surface area (Å²) >= 11 is 0. The highest BCUT2D eigenvalue weighted by molar-refractivity contribution is 5.66. The third-order valence-electron chi connectivity index (χ3n) is 2.03. The molecule has 0 spiro atoms. The molecule has 0 aromatic heterocycles.